The van der Waals surface area contributed by atoms with Crippen molar-refractivity contribution in [2.45, 2.75) is 20.4 Å². The Hall–Kier alpha value is -2.99. The fourth-order valence-corrected chi connectivity index (χ4v) is 3.72. The zero-order valence-electron chi connectivity index (χ0n) is 17.3. The van der Waals surface area contributed by atoms with Crippen LogP contribution in [0, 0.1) is 13.8 Å². The molecule has 0 spiro atoms. The summed E-state index contributed by atoms with van der Waals surface area (Å²) in [5.74, 6) is 2.67. The number of pyridine rings is 1. The van der Waals surface area contributed by atoms with E-state index in [-0.39, 0.29) is 0 Å². The van der Waals surface area contributed by atoms with Crippen molar-refractivity contribution in [2.24, 2.45) is 0 Å². The minimum absolute atomic E-state index is 0.695. The van der Waals surface area contributed by atoms with Crippen LogP contribution in [-0.2, 0) is 6.54 Å². The third-order valence-electron chi connectivity index (χ3n) is 5.52. The van der Waals surface area contributed by atoms with Gasteiger partial charge in [-0.15, -0.1) is 0 Å². The van der Waals surface area contributed by atoms with E-state index in [0.29, 0.717) is 5.82 Å². The molecule has 3 aromatic rings. The third-order valence-corrected chi connectivity index (χ3v) is 5.52. The largest absolute Gasteiger partial charge is 0.496 e. The molecule has 0 amide bonds. The van der Waals surface area contributed by atoms with Gasteiger partial charge in [-0.3, -0.25) is 9.88 Å². The summed E-state index contributed by atoms with van der Waals surface area (Å²) >= 11 is 0. The standard InChI is InChI=1S/C23H27N5O/c1-17-18(2)25-22(20-9-6-7-11-24-20)26-23(17)28-14-12-27(13-15-28)16-19-8-4-5-10-21(19)29-3/h4-11H,12-16H2,1-3H3. The number of rotatable bonds is 5. The van der Waals surface area contributed by atoms with Crippen LogP contribution in [0.15, 0.2) is 48.7 Å². The van der Waals surface area contributed by atoms with Gasteiger partial charge in [-0.1, -0.05) is 24.3 Å². The van der Waals surface area contributed by atoms with Crippen LogP contribution in [0.5, 0.6) is 5.75 Å². The average molecular weight is 390 g/mol. The highest BCUT2D eigenvalue weighted by molar-refractivity contribution is 5.57. The second-order valence-electron chi connectivity index (χ2n) is 7.37. The van der Waals surface area contributed by atoms with Gasteiger partial charge in [-0.05, 0) is 32.0 Å². The molecule has 1 fully saturated rings. The first-order valence-corrected chi connectivity index (χ1v) is 10.0. The van der Waals surface area contributed by atoms with Gasteiger partial charge in [0.1, 0.15) is 17.3 Å². The summed E-state index contributed by atoms with van der Waals surface area (Å²) in [6.07, 6.45) is 1.78. The Bertz CT molecular complexity index is 968. The molecule has 6 nitrogen and oxygen atoms in total. The quantitative estimate of drug-likeness (QED) is 0.666. The molecule has 0 bridgehead atoms. The van der Waals surface area contributed by atoms with E-state index in [9.17, 15) is 0 Å². The molecule has 1 aliphatic rings. The van der Waals surface area contributed by atoms with Crippen molar-refractivity contribution in [3.63, 3.8) is 0 Å². The fraction of sp³-hybridized carbons (Fsp3) is 0.348. The maximum atomic E-state index is 5.50. The van der Waals surface area contributed by atoms with E-state index in [2.05, 4.69) is 38.8 Å². The van der Waals surface area contributed by atoms with Crippen molar-refractivity contribution in [1.29, 1.82) is 0 Å². The summed E-state index contributed by atoms with van der Waals surface area (Å²) in [6, 6.07) is 14.1. The predicted octanol–water partition coefficient (Wildman–Crippen LogP) is 3.49. The lowest BCUT2D eigenvalue weighted by Gasteiger charge is -2.36. The SMILES string of the molecule is COc1ccccc1CN1CCN(c2nc(-c3ccccn3)nc(C)c2C)CC1. The van der Waals surface area contributed by atoms with Crippen molar-refractivity contribution in [3.8, 4) is 17.3 Å². The molecular weight excluding hydrogens is 362 g/mol. The van der Waals surface area contributed by atoms with Crippen molar-refractivity contribution in [2.75, 3.05) is 38.2 Å². The normalized spacial score (nSPS) is 14.8. The summed E-state index contributed by atoms with van der Waals surface area (Å²) in [4.78, 5) is 18.8. The Morgan fingerprint density at radius 3 is 2.41 bits per heavy atom. The van der Waals surface area contributed by atoms with Crippen LogP contribution >= 0.6 is 0 Å². The summed E-state index contributed by atoms with van der Waals surface area (Å²) in [5, 5.41) is 0. The lowest BCUT2D eigenvalue weighted by molar-refractivity contribution is 0.245. The lowest BCUT2D eigenvalue weighted by Crippen LogP contribution is -2.46. The molecule has 3 heterocycles. The van der Waals surface area contributed by atoms with Crippen molar-refractivity contribution >= 4 is 5.82 Å². The lowest BCUT2D eigenvalue weighted by atomic mass is 10.1. The maximum absolute atomic E-state index is 5.50. The molecule has 6 heteroatoms. The molecule has 0 aliphatic carbocycles. The number of anilines is 1. The Morgan fingerprint density at radius 1 is 0.931 bits per heavy atom. The minimum Gasteiger partial charge on any atom is -0.496 e. The molecule has 1 aliphatic heterocycles. The van der Waals surface area contributed by atoms with Crippen LogP contribution < -0.4 is 9.64 Å². The zero-order chi connectivity index (χ0) is 20.2. The number of nitrogens with zero attached hydrogens (tertiary/aromatic N) is 5. The Kier molecular flexibility index (Phi) is 5.71. The highest BCUT2D eigenvalue weighted by atomic mass is 16.5. The number of benzene rings is 1. The van der Waals surface area contributed by atoms with Crippen LogP contribution in [-0.4, -0.2) is 53.1 Å². The van der Waals surface area contributed by atoms with Crippen LogP contribution in [0.2, 0.25) is 0 Å². The van der Waals surface area contributed by atoms with Gasteiger partial charge in [0, 0.05) is 55.7 Å². The van der Waals surface area contributed by atoms with E-state index in [1.165, 1.54) is 5.56 Å². The van der Waals surface area contributed by atoms with E-state index >= 15 is 0 Å². The summed E-state index contributed by atoms with van der Waals surface area (Å²) < 4.78 is 5.50. The molecule has 29 heavy (non-hydrogen) atoms. The van der Waals surface area contributed by atoms with Crippen LogP contribution in [0.3, 0.4) is 0 Å². The first-order valence-electron chi connectivity index (χ1n) is 10.0. The summed E-state index contributed by atoms with van der Waals surface area (Å²) in [5.41, 5.74) is 4.19. The van der Waals surface area contributed by atoms with Crippen molar-refractivity contribution < 1.29 is 4.74 Å². The van der Waals surface area contributed by atoms with Crippen LogP contribution in [0.25, 0.3) is 11.5 Å². The predicted molar refractivity (Wildman–Crippen MR) is 115 cm³/mol. The van der Waals surface area contributed by atoms with E-state index in [1.807, 2.05) is 37.3 Å². The highest BCUT2D eigenvalue weighted by Crippen LogP contribution is 2.25. The van der Waals surface area contributed by atoms with Crippen LogP contribution in [0.4, 0.5) is 5.82 Å². The Morgan fingerprint density at radius 2 is 1.69 bits per heavy atom. The Labute approximate surface area is 172 Å². The number of ether oxygens (including phenoxy) is 1. The first kappa shape index (κ1) is 19.3. The molecule has 1 aromatic carbocycles. The molecule has 150 valence electrons. The van der Waals surface area contributed by atoms with Gasteiger partial charge in [-0.25, -0.2) is 9.97 Å². The number of hydrogen-bond acceptors (Lipinski definition) is 6. The molecular formula is C23H27N5O. The summed E-state index contributed by atoms with van der Waals surface area (Å²) in [7, 11) is 1.73. The van der Waals surface area contributed by atoms with Gasteiger partial charge in [0.05, 0.1) is 7.11 Å². The topological polar surface area (TPSA) is 54.4 Å². The van der Waals surface area contributed by atoms with E-state index in [0.717, 1.165) is 61.2 Å². The van der Waals surface area contributed by atoms with Gasteiger partial charge in [0.2, 0.25) is 0 Å². The molecule has 4 rings (SSSR count). The van der Waals surface area contributed by atoms with Gasteiger partial charge in [0.25, 0.3) is 0 Å². The second kappa shape index (κ2) is 8.57. The third kappa shape index (κ3) is 4.22. The molecule has 0 radical (unpaired) electrons. The molecule has 0 saturated carbocycles. The highest BCUT2D eigenvalue weighted by Gasteiger charge is 2.22. The number of hydrogen-bond donors (Lipinski definition) is 0. The number of aryl methyl sites for hydroxylation is 1. The van der Waals surface area contributed by atoms with Crippen molar-refractivity contribution in [3.05, 3.63) is 65.5 Å². The number of piperazine rings is 1. The second-order valence-corrected chi connectivity index (χ2v) is 7.37. The zero-order valence-corrected chi connectivity index (χ0v) is 17.3. The van der Waals surface area contributed by atoms with E-state index in [4.69, 9.17) is 9.72 Å². The Balaban J connectivity index is 1.49. The molecule has 0 atom stereocenters. The number of aromatic nitrogens is 3. The van der Waals surface area contributed by atoms with Crippen LogP contribution in [0.1, 0.15) is 16.8 Å². The molecule has 0 N–H and O–H groups in total. The van der Waals surface area contributed by atoms with Gasteiger partial charge in [-0.2, -0.15) is 0 Å². The van der Waals surface area contributed by atoms with Gasteiger partial charge < -0.3 is 9.64 Å². The molecule has 2 aromatic heterocycles. The molecule has 1 saturated heterocycles. The monoisotopic (exact) mass is 389 g/mol. The first-order chi connectivity index (χ1) is 14.2. The smallest absolute Gasteiger partial charge is 0.180 e. The number of methoxy groups -OCH3 is 1. The van der Waals surface area contributed by atoms with Gasteiger partial charge in [0.15, 0.2) is 5.82 Å². The van der Waals surface area contributed by atoms with Gasteiger partial charge >= 0.3 is 0 Å². The van der Waals surface area contributed by atoms with E-state index in [1.54, 1.807) is 13.3 Å². The van der Waals surface area contributed by atoms with Crippen molar-refractivity contribution in [1.82, 2.24) is 19.9 Å². The average Bonchev–Trinajstić information content (AvgIpc) is 2.77. The minimum atomic E-state index is 0.695. The van der Waals surface area contributed by atoms with E-state index < -0.39 is 0 Å². The summed E-state index contributed by atoms with van der Waals surface area (Å²) in [6.45, 7) is 8.90. The maximum Gasteiger partial charge on any atom is 0.180 e. The molecule has 0 unspecified atom stereocenters. The number of para-hydroxylation sites is 1. The fourth-order valence-electron chi connectivity index (χ4n) is 3.72.